The first-order valence-electron chi connectivity index (χ1n) is 11.2. The molecule has 0 bridgehead atoms. The van der Waals surface area contributed by atoms with Crippen LogP contribution in [-0.4, -0.2) is 51.1 Å². The third-order valence-corrected chi connectivity index (χ3v) is 6.45. The number of hydrogen-bond acceptors (Lipinski definition) is 2. The van der Waals surface area contributed by atoms with Crippen molar-refractivity contribution in [2.45, 2.75) is 26.2 Å². The molecule has 1 aliphatic rings. The predicted octanol–water partition coefficient (Wildman–Crippen LogP) is 5.74. The molecule has 0 atom stereocenters. The fraction of sp³-hybridized carbons (Fsp3) is 0.143. The number of aromatic nitrogens is 1. The Bertz CT molecular complexity index is 1510. The summed E-state index contributed by atoms with van der Waals surface area (Å²) in [5.41, 5.74) is 2.74. The summed E-state index contributed by atoms with van der Waals surface area (Å²) in [6.07, 6.45) is -2.61. The fourth-order valence-corrected chi connectivity index (χ4v) is 4.66. The second-order valence-corrected chi connectivity index (χ2v) is 8.74. The van der Waals surface area contributed by atoms with Gasteiger partial charge in [-0.2, -0.15) is 13.2 Å². The standard InChI is InChI=1S/C28H21F3N2O3.Na.H/c1-17-13-18(10-11-22(17)23-6-2-3-7-24(23)28(29,30)31)26(34)33-16-21-5-4-12-32(21)15-20-9-8-19(27(35)36)14-25(20)33;;/h2-14H,15-16H2,1H3,(H,35,36);;. The molecule has 0 saturated carbocycles. The van der Waals surface area contributed by atoms with Crippen molar-refractivity contribution in [1.82, 2.24) is 4.57 Å². The minimum atomic E-state index is -4.51. The van der Waals surface area contributed by atoms with Gasteiger partial charge in [0.2, 0.25) is 0 Å². The summed E-state index contributed by atoms with van der Waals surface area (Å²) in [7, 11) is 0. The van der Waals surface area contributed by atoms with Gasteiger partial charge < -0.3 is 14.6 Å². The van der Waals surface area contributed by atoms with E-state index in [0.29, 0.717) is 28.9 Å². The summed E-state index contributed by atoms with van der Waals surface area (Å²) in [5, 5.41) is 9.50. The van der Waals surface area contributed by atoms with Gasteiger partial charge in [-0.1, -0.05) is 30.3 Å². The maximum atomic E-state index is 13.7. The molecule has 2 heterocycles. The van der Waals surface area contributed by atoms with E-state index in [0.717, 1.165) is 17.3 Å². The third-order valence-electron chi connectivity index (χ3n) is 6.45. The number of aromatic carboxylic acids is 1. The zero-order chi connectivity index (χ0) is 25.6. The van der Waals surface area contributed by atoms with E-state index in [2.05, 4.69) is 0 Å². The number of benzene rings is 3. The molecule has 0 aliphatic carbocycles. The number of aryl methyl sites for hydroxylation is 1. The molecule has 184 valence electrons. The Kier molecular flexibility index (Phi) is 7.37. The molecular formula is C28H22F3N2NaO3. The van der Waals surface area contributed by atoms with Crippen molar-refractivity contribution in [2.24, 2.45) is 0 Å². The van der Waals surface area contributed by atoms with E-state index in [1.54, 1.807) is 25.1 Å². The molecule has 1 N–H and O–H groups in total. The van der Waals surface area contributed by atoms with Crippen molar-refractivity contribution < 1.29 is 27.9 Å². The van der Waals surface area contributed by atoms with Gasteiger partial charge in [0.1, 0.15) is 0 Å². The van der Waals surface area contributed by atoms with Gasteiger partial charge in [0.05, 0.1) is 23.4 Å². The number of anilines is 1. The predicted molar refractivity (Wildman–Crippen MR) is 136 cm³/mol. The average molecular weight is 514 g/mol. The Morgan fingerprint density at radius 3 is 2.30 bits per heavy atom. The molecule has 1 amide bonds. The number of hydrogen-bond donors (Lipinski definition) is 1. The molecule has 0 saturated heterocycles. The number of nitrogens with zero attached hydrogens (tertiary/aromatic N) is 2. The Labute approximate surface area is 233 Å². The van der Waals surface area contributed by atoms with Crippen LogP contribution in [0.5, 0.6) is 0 Å². The topological polar surface area (TPSA) is 62.5 Å². The van der Waals surface area contributed by atoms with Gasteiger partial charge in [0.15, 0.2) is 0 Å². The van der Waals surface area contributed by atoms with Crippen molar-refractivity contribution in [3.63, 3.8) is 0 Å². The Morgan fingerprint density at radius 2 is 1.59 bits per heavy atom. The number of rotatable bonds is 3. The van der Waals surface area contributed by atoms with Crippen LogP contribution >= 0.6 is 0 Å². The summed E-state index contributed by atoms with van der Waals surface area (Å²) < 4.78 is 42.7. The molecule has 5 rings (SSSR count). The normalized spacial score (nSPS) is 12.7. The van der Waals surface area contributed by atoms with Crippen LogP contribution in [0.25, 0.3) is 11.1 Å². The zero-order valence-corrected chi connectivity index (χ0v) is 19.2. The number of carbonyl (C=O) groups is 2. The van der Waals surface area contributed by atoms with Gasteiger partial charge in [-0.05, 0) is 71.6 Å². The third kappa shape index (κ3) is 5.09. The number of carboxylic acids is 1. The number of carbonyl (C=O) groups excluding carboxylic acids is 1. The second-order valence-electron chi connectivity index (χ2n) is 8.74. The van der Waals surface area contributed by atoms with E-state index in [4.69, 9.17) is 0 Å². The molecule has 5 nitrogen and oxygen atoms in total. The van der Waals surface area contributed by atoms with E-state index < -0.39 is 17.7 Å². The maximum absolute atomic E-state index is 13.7. The molecule has 0 radical (unpaired) electrons. The van der Waals surface area contributed by atoms with Crippen molar-refractivity contribution in [3.8, 4) is 11.1 Å². The fourth-order valence-electron chi connectivity index (χ4n) is 4.66. The first kappa shape index (κ1) is 26.7. The molecule has 0 unspecified atom stereocenters. The number of halogens is 3. The van der Waals surface area contributed by atoms with E-state index >= 15 is 0 Å². The average Bonchev–Trinajstić information content (AvgIpc) is 3.22. The number of fused-ring (bicyclic) bond motifs is 2. The zero-order valence-electron chi connectivity index (χ0n) is 19.2. The SMILES string of the molecule is Cc1cc(C(=O)N2Cc3cccn3Cc3ccc(C(=O)O)cc32)ccc1-c1ccccc1C(F)(F)F.[NaH]. The van der Waals surface area contributed by atoms with Crippen LogP contribution in [0.3, 0.4) is 0 Å². The molecule has 0 fully saturated rings. The van der Waals surface area contributed by atoms with Crippen LogP contribution < -0.4 is 4.90 Å². The number of amides is 1. The summed E-state index contributed by atoms with van der Waals surface area (Å²) in [6, 6.07) is 18.5. The van der Waals surface area contributed by atoms with Gasteiger partial charge in [0.25, 0.3) is 5.91 Å². The van der Waals surface area contributed by atoms with Crippen molar-refractivity contribution >= 4 is 47.1 Å². The number of alkyl halides is 3. The second kappa shape index (κ2) is 10.2. The summed E-state index contributed by atoms with van der Waals surface area (Å²) in [5.74, 6) is -1.47. The van der Waals surface area contributed by atoms with Gasteiger partial charge in [0, 0.05) is 24.0 Å². The molecule has 4 aromatic rings. The van der Waals surface area contributed by atoms with E-state index in [-0.39, 0.29) is 53.1 Å². The van der Waals surface area contributed by atoms with Crippen molar-refractivity contribution in [3.05, 3.63) is 113 Å². The first-order valence-corrected chi connectivity index (χ1v) is 11.2. The van der Waals surface area contributed by atoms with Crippen LogP contribution in [0.1, 0.15) is 43.1 Å². The van der Waals surface area contributed by atoms with Gasteiger partial charge in [-0.3, -0.25) is 4.79 Å². The van der Waals surface area contributed by atoms with Crippen molar-refractivity contribution in [1.29, 1.82) is 0 Å². The minimum absolute atomic E-state index is 0. The van der Waals surface area contributed by atoms with Gasteiger partial charge in [-0.15, -0.1) is 0 Å². The molecule has 3 aromatic carbocycles. The Balaban J connectivity index is 0.00000320. The summed E-state index contributed by atoms with van der Waals surface area (Å²) in [6.45, 7) is 2.37. The van der Waals surface area contributed by atoms with Crippen LogP contribution in [-0.2, 0) is 19.3 Å². The summed E-state index contributed by atoms with van der Waals surface area (Å²) >= 11 is 0. The quantitative estimate of drug-likeness (QED) is 0.355. The molecule has 37 heavy (non-hydrogen) atoms. The monoisotopic (exact) mass is 514 g/mol. The molecule has 9 heteroatoms. The van der Waals surface area contributed by atoms with Crippen LogP contribution in [0, 0.1) is 6.92 Å². The van der Waals surface area contributed by atoms with E-state index in [1.165, 1.54) is 41.3 Å². The van der Waals surface area contributed by atoms with E-state index in [1.807, 2.05) is 22.9 Å². The molecular weight excluding hydrogens is 492 g/mol. The van der Waals surface area contributed by atoms with E-state index in [9.17, 15) is 27.9 Å². The molecule has 0 spiro atoms. The van der Waals surface area contributed by atoms with Gasteiger partial charge >= 0.3 is 41.7 Å². The van der Waals surface area contributed by atoms with Gasteiger partial charge in [-0.25, -0.2) is 4.79 Å². The Morgan fingerprint density at radius 1 is 0.865 bits per heavy atom. The Hall–Kier alpha value is -3.33. The van der Waals surface area contributed by atoms with Crippen LogP contribution in [0.15, 0.2) is 79.0 Å². The molecule has 1 aromatic heterocycles. The van der Waals surface area contributed by atoms with Crippen LogP contribution in [0.4, 0.5) is 18.9 Å². The summed E-state index contributed by atoms with van der Waals surface area (Å²) in [4.78, 5) is 26.9. The number of carboxylic acid groups (broad SMARTS) is 1. The first-order chi connectivity index (χ1) is 17.1. The van der Waals surface area contributed by atoms with Crippen LogP contribution in [0.2, 0.25) is 0 Å². The molecule has 1 aliphatic heterocycles. The van der Waals surface area contributed by atoms with Crippen molar-refractivity contribution in [2.75, 3.05) is 4.90 Å².